The molecular formula is C16H16OS. The first-order valence-corrected chi connectivity index (χ1v) is 6.89. The molecule has 0 N–H and O–H groups in total. The summed E-state index contributed by atoms with van der Waals surface area (Å²) in [6.07, 6.45) is 0. The minimum Gasteiger partial charge on any atom is -0.481 e. The maximum atomic E-state index is 5.51. The first-order chi connectivity index (χ1) is 8.75. The fraction of sp³-hybridized carbons (Fsp3) is 0.250. The molecule has 18 heavy (non-hydrogen) atoms. The molecule has 0 unspecified atom stereocenters. The molecule has 0 bridgehead atoms. The molecule has 0 spiro atoms. The molecule has 0 fully saturated rings. The van der Waals surface area contributed by atoms with E-state index in [9.17, 15) is 0 Å². The van der Waals surface area contributed by atoms with Crippen LogP contribution in [0.15, 0.2) is 41.8 Å². The number of rotatable bonds is 3. The van der Waals surface area contributed by atoms with Crippen molar-refractivity contribution in [3.05, 3.63) is 52.2 Å². The molecule has 1 heterocycles. The van der Waals surface area contributed by atoms with Crippen LogP contribution in [0.25, 0.3) is 0 Å². The highest BCUT2D eigenvalue weighted by molar-refractivity contribution is 7.10. The number of ether oxygens (including phenoxy) is 1. The zero-order valence-electron chi connectivity index (χ0n) is 10.6. The molecule has 0 atom stereocenters. The summed E-state index contributed by atoms with van der Waals surface area (Å²) in [6, 6.07) is 11.9. The Morgan fingerprint density at radius 1 is 1.22 bits per heavy atom. The Kier molecular flexibility index (Phi) is 4.44. The van der Waals surface area contributed by atoms with Crippen LogP contribution in [0.4, 0.5) is 0 Å². The van der Waals surface area contributed by atoms with E-state index < -0.39 is 0 Å². The minimum absolute atomic E-state index is 0.429. The third-order valence-corrected chi connectivity index (χ3v) is 3.42. The van der Waals surface area contributed by atoms with Gasteiger partial charge in [0, 0.05) is 0 Å². The van der Waals surface area contributed by atoms with E-state index in [4.69, 9.17) is 4.74 Å². The van der Waals surface area contributed by atoms with Crippen LogP contribution < -0.4 is 4.74 Å². The van der Waals surface area contributed by atoms with Crippen LogP contribution in [0.2, 0.25) is 0 Å². The molecule has 2 rings (SSSR count). The molecular weight excluding hydrogens is 240 g/mol. The SMILES string of the molecule is CC(C)c1csc(C#CCOc2ccccc2)c1. The summed E-state index contributed by atoms with van der Waals surface area (Å²) in [5.74, 6) is 7.60. The van der Waals surface area contributed by atoms with E-state index in [1.54, 1.807) is 11.3 Å². The third-order valence-electron chi connectivity index (χ3n) is 2.55. The molecule has 1 aromatic heterocycles. The minimum atomic E-state index is 0.429. The van der Waals surface area contributed by atoms with Gasteiger partial charge < -0.3 is 4.74 Å². The van der Waals surface area contributed by atoms with Gasteiger partial charge in [-0.25, -0.2) is 0 Å². The van der Waals surface area contributed by atoms with E-state index in [0.717, 1.165) is 10.6 Å². The summed E-state index contributed by atoms with van der Waals surface area (Å²) in [6.45, 7) is 4.81. The molecule has 2 aromatic rings. The van der Waals surface area contributed by atoms with Crippen LogP contribution in [0, 0.1) is 11.8 Å². The lowest BCUT2D eigenvalue weighted by Gasteiger charge is -1.99. The second-order valence-electron chi connectivity index (χ2n) is 4.30. The van der Waals surface area contributed by atoms with E-state index in [0.29, 0.717) is 12.5 Å². The lowest BCUT2D eigenvalue weighted by atomic mass is 10.1. The van der Waals surface area contributed by atoms with E-state index in [2.05, 4.69) is 37.1 Å². The van der Waals surface area contributed by atoms with Gasteiger partial charge in [0.25, 0.3) is 0 Å². The van der Waals surface area contributed by atoms with E-state index in [1.165, 1.54) is 5.56 Å². The van der Waals surface area contributed by atoms with Gasteiger partial charge in [-0.1, -0.05) is 43.9 Å². The predicted octanol–water partition coefficient (Wildman–Crippen LogP) is 4.30. The lowest BCUT2D eigenvalue weighted by molar-refractivity contribution is 0.370. The van der Waals surface area contributed by atoms with Crippen LogP contribution in [0.3, 0.4) is 0 Å². The number of hydrogen-bond donors (Lipinski definition) is 0. The Hall–Kier alpha value is -1.72. The summed E-state index contributed by atoms with van der Waals surface area (Å²) in [5.41, 5.74) is 1.35. The molecule has 1 nitrogen and oxygen atoms in total. The summed E-state index contributed by atoms with van der Waals surface area (Å²) in [7, 11) is 0. The van der Waals surface area contributed by atoms with Crippen LogP contribution in [0.1, 0.15) is 30.2 Å². The van der Waals surface area contributed by atoms with Crippen molar-refractivity contribution in [3.8, 4) is 17.6 Å². The molecule has 0 radical (unpaired) electrons. The summed E-state index contributed by atoms with van der Waals surface area (Å²) in [4.78, 5) is 1.11. The Morgan fingerprint density at radius 3 is 2.67 bits per heavy atom. The average Bonchev–Trinajstić information content (AvgIpc) is 2.85. The lowest BCUT2D eigenvalue weighted by Crippen LogP contribution is -1.92. The van der Waals surface area contributed by atoms with Gasteiger partial charge >= 0.3 is 0 Å². The fourth-order valence-electron chi connectivity index (χ4n) is 1.48. The van der Waals surface area contributed by atoms with Crippen molar-refractivity contribution in [1.29, 1.82) is 0 Å². The standard InChI is InChI=1S/C16H16OS/c1-13(2)14-11-16(18-12-14)9-6-10-17-15-7-4-3-5-8-15/h3-5,7-8,11-13H,10H2,1-2H3. The summed E-state index contributed by atoms with van der Waals surface area (Å²) in [5, 5.41) is 2.17. The molecule has 1 aromatic carbocycles. The predicted molar refractivity (Wildman–Crippen MR) is 77.2 cm³/mol. The maximum Gasteiger partial charge on any atom is 0.149 e. The van der Waals surface area contributed by atoms with Crippen molar-refractivity contribution in [1.82, 2.24) is 0 Å². The van der Waals surface area contributed by atoms with Crippen molar-refractivity contribution in [2.45, 2.75) is 19.8 Å². The maximum absolute atomic E-state index is 5.51. The average molecular weight is 256 g/mol. The van der Waals surface area contributed by atoms with Crippen LogP contribution in [-0.4, -0.2) is 6.61 Å². The molecule has 0 aliphatic rings. The third kappa shape index (κ3) is 3.65. The zero-order valence-corrected chi connectivity index (χ0v) is 11.5. The first kappa shape index (κ1) is 12.7. The second-order valence-corrected chi connectivity index (χ2v) is 5.21. The molecule has 0 aliphatic carbocycles. The van der Waals surface area contributed by atoms with Gasteiger partial charge in [0.1, 0.15) is 12.4 Å². The van der Waals surface area contributed by atoms with E-state index in [1.807, 2.05) is 30.3 Å². The highest BCUT2D eigenvalue weighted by atomic mass is 32.1. The highest BCUT2D eigenvalue weighted by Crippen LogP contribution is 2.21. The second kappa shape index (κ2) is 6.28. The topological polar surface area (TPSA) is 9.23 Å². The number of para-hydroxylation sites is 1. The van der Waals surface area contributed by atoms with Gasteiger partial charge in [-0.15, -0.1) is 11.3 Å². The Labute approximate surface area is 112 Å². The Balaban J connectivity index is 1.88. The Morgan fingerprint density at radius 2 is 2.00 bits per heavy atom. The molecule has 92 valence electrons. The molecule has 0 amide bonds. The van der Waals surface area contributed by atoms with E-state index in [-0.39, 0.29) is 0 Å². The normalized spacial score (nSPS) is 9.94. The summed E-state index contributed by atoms with van der Waals surface area (Å²) < 4.78 is 5.51. The molecule has 0 saturated carbocycles. The first-order valence-electron chi connectivity index (χ1n) is 6.01. The number of benzene rings is 1. The van der Waals surface area contributed by atoms with Gasteiger partial charge in [-0.05, 0) is 35.1 Å². The zero-order chi connectivity index (χ0) is 12.8. The van der Waals surface area contributed by atoms with Gasteiger partial charge in [0.05, 0.1) is 4.88 Å². The largest absolute Gasteiger partial charge is 0.481 e. The van der Waals surface area contributed by atoms with Gasteiger partial charge in [0.2, 0.25) is 0 Å². The van der Waals surface area contributed by atoms with Crippen molar-refractivity contribution >= 4 is 11.3 Å². The van der Waals surface area contributed by atoms with Crippen molar-refractivity contribution in [2.75, 3.05) is 6.61 Å². The number of thiophene rings is 1. The van der Waals surface area contributed by atoms with E-state index >= 15 is 0 Å². The monoisotopic (exact) mass is 256 g/mol. The van der Waals surface area contributed by atoms with Gasteiger partial charge in [0.15, 0.2) is 0 Å². The molecule has 2 heteroatoms. The molecule has 0 aliphatic heterocycles. The van der Waals surface area contributed by atoms with Crippen LogP contribution >= 0.6 is 11.3 Å². The van der Waals surface area contributed by atoms with Crippen molar-refractivity contribution in [3.63, 3.8) is 0 Å². The Bertz CT molecular complexity index is 543. The van der Waals surface area contributed by atoms with Crippen LogP contribution in [0.5, 0.6) is 5.75 Å². The van der Waals surface area contributed by atoms with Crippen molar-refractivity contribution in [2.24, 2.45) is 0 Å². The smallest absolute Gasteiger partial charge is 0.149 e. The summed E-state index contributed by atoms with van der Waals surface area (Å²) >= 11 is 1.69. The highest BCUT2D eigenvalue weighted by Gasteiger charge is 2.00. The quantitative estimate of drug-likeness (QED) is 0.744. The van der Waals surface area contributed by atoms with Crippen LogP contribution in [-0.2, 0) is 0 Å². The molecule has 0 saturated heterocycles. The van der Waals surface area contributed by atoms with Gasteiger partial charge in [-0.2, -0.15) is 0 Å². The van der Waals surface area contributed by atoms with Gasteiger partial charge in [-0.3, -0.25) is 0 Å². The van der Waals surface area contributed by atoms with Crippen molar-refractivity contribution < 1.29 is 4.74 Å². The number of hydrogen-bond acceptors (Lipinski definition) is 2. The fourth-order valence-corrected chi connectivity index (χ4v) is 2.42.